The van der Waals surface area contributed by atoms with Gasteiger partial charge in [-0.3, -0.25) is 9.59 Å². The molecule has 0 saturated carbocycles. The normalized spacial score (nSPS) is 26.6. The van der Waals surface area contributed by atoms with E-state index in [1.165, 1.54) is 19.8 Å². The largest absolute Gasteiger partial charge is 0.493 e. The van der Waals surface area contributed by atoms with Crippen molar-refractivity contribution in [3.8, 4) is 5.75 Å². The van der Waals surface area contributed by atoms with Gasteiger partial charge >= 0.3 is 0 Å². The molecule has 0 radical (unpaired) electrons. The number of anilines is 1. The molecule has 2 amide bonds. The zero-order chi connectivity index (χ0) is 24.7. The molecule has 2 N–H and O–H groups in total. The van der Waals surface area contributed by atoms with Gasteiger partial charge in [-0.05, 0) is 69.6 Å². The van der Waals surface area contributed by atoms with Crippen LogP contribution in [0.15, 0.2) is 48.5 Å². The fraction of sp³-hybridized carbons (Fsp3) is 0.500. The van der Waals surface area contributed by atoms with E-state index in [4.69, 9.17) is 10.5 Å². The third kappa shape index (κ3) is 4.09. The van der Waals surface area contributed by atoms with Crippen molar-refractivity contribution in [2.75, 3.05) is 31.6 Å². The molecule has 2 aromatic carbocycles. The minimum atomic E-state index is -0.803. The number of ether oxygens (including phenoxy) is 1. The van der Waals surface area contributed by atoms with E-state index in [1.807, 2.05) is 62.4 Å². The number of piperidine rings is 1. The van der Waals surface area contributed by atoms with Crippen molar-refractivity contribution in [1.82, 2.24) is 4.90 Å². The summed E-state index contributed by atoms with van der Waals surface area (Å²) in [6.45, 7) is 10.4. The maximum absolute atomic E-state index is 13.0. The highest BCUT2D eigenvalue weighted by Crippen LogP contribution is 2.54. The standard InChI is InChI=1S/C28H37N3O3/c1-19(32)31-24-11-7-6-10-23(24)28(4,25(26(29)33)27(31,2)3)21-12-14-22(15-13-21)34-18-20-9-8-16-30(5)17-20/h6-7,10-15,20,25H,8-9,16-18H2,1-5H3,(H2,29,33). The van der Waals surface area contributed by atoms with E-state index in [1.54, 1.807) is 4.90 Å². The van der Waals surface area contributed by atoms with Crippen molar-refractivity contribution in [2.24, 2.45) is 17.6 Å². The number of benzene rings is 2. The van der Waals surface area contributed by atoms with Crippen molar-refractivity contribution >= 4 is 17.5 Å². The molecule has 3 unspecified atom stereocenters. The number of fused-ring (bicyclic) bond motifs is 1. The molecule has 34 heavy (non-hydrogen) atoms. The number of hydrogen-bond donors (Lipinski definition) is 1. The van der Waals surface area contributed by atoms with Gasteiger partial charge in [0.1, 0.15) is 5.75 Å². The molecule has 0 spiro atoms. The number of likely N-dealkylation sites (tertiary alicyclic amines) is 1. The zero-order valence-electron chi connectivity index (χ0n) is 21.0. The second-order valence-electron chi connectivity index (χ2n) is 10.7. The summed E-state index contributed by atoms with van der Waals surface area (Å²) in [5, 5.41) is 0. The van der Waals surface area contributed by atoms with Crippen LogP contribution < -0.4 is 15.4 Å². The number of hydrogen-bond acceptors (Lipinski definition) is 4. The molecule has 182 valence electrons. The lowest BCUT2D eigenvalue weighted by Crippen LogP contribution is -2.65. The average molecular weight is 464 g/mol. The molecule has 1 saturated heterocycles. The van der Waals surface area contributed by atoms with Crippen LogP contribution in [-0.2, 0) is 15.0 Å². The molecule has 6 heteroatoms. The Morgan fingerprint density at radius 2 is 1.76 bits per heavy atom. The van der Waals surface area contributed by atoms with Crippen LogP contribution in [0.2, 0.25) is 0 Å². The molecule has 2 aliphatic rings. The maximum atomic E-state index is 13.0. The highest BCUT2D eigenvalue weighted by Gasteiger charge is 2.57. The van der Waals surface area contributed by atoms with Gasteiger partial charge in [0, 0.05) is 30.5 Å². The van der Waals surface area contributed by atoms with Gasteiger partial charge in [0.25, 0.3) is 0 Å². The fourth-order valence-corrected chi connectivity index (χ4v) is 6.46. The van der Waals surface area contributed by atoms with Crippen LogP contribution in [0.1, 0.15) is 51.7 Å². The first kappa shape index (κ1) is 24.3. The Labute approximate surface area is 203 Å². The summed E-state index contributed by atoms with van der Waals surface area (Å²) in [5.41, 5.74) is 7.25. The quantitative estimate of drug-likeness (QED) is 0.728. The van der Waals surface area contributed by atoms with Crippen molar-refractivity contribution in [3.05, 3.63) is 59.7 Å². The predicted molar refractivity (Wildman–Crippen MR) is 135 cm³/mol. The molecular formula is C28H37N3O3. The third-order valence-corrected chi connectivity index (χ3v) is 7.83. The minimum Gasteiger partial charge on any atom is -0.493 e. The van der Waals surface area contributed by atoms with Crippen LogP contribution >= 0.6 is 0 Å². The zero-order valence-corrected chi connectivity index (χ0v) is 21.0. The van der Waals surface area contributed by atoms with Gasteiger partial charge in [0.15, 0.2) is 0 Å². The van der Waals surface area contributed by atoms with Crippen LogP contribution in [-0.4, -0.2) is 49.0 Å². The summed E-state index contributed by atoms with van der Waals surface area (Å²) in [6, 6.07) is 15.9. The van der Waals surface area contributed by atoms with Gasteiger partial charge in [-0.1, -0.05) is 37.3 Å². The van der Waals surface area contributed by atoms with Crippen molar-refractivity contribution in [3.63, 3.8) is 0 Å². The topological polar surface area (TPSA) is 75.9 Å². The molecule has 0 aliphatic carbocycles. The second kappa shape index (κ2) is 9.06. The number of carbonyl (C=O) groups is 2. The summed E-state index contributed by atoms with van der Waals surface area (Å²) in [4.78, 5) is 29.8. The maximum Gasteiger partial charge on any atom is 0.224 e. The summed E-state index contributed by atoms with van der Waals surface area (Å²) < 4.78 is 6.13. The Morgan fingerprint density at radius 3 is 2.38 bits per heavy atom. The molecule has 2 aliphatic heterocycles. The molecular weight excluding hydrogens is 426 g/mol. The number of amides is 2. The summed E-state index contributed by atoms with van der Waals surface area (Å²) in [6.07, 6.45) is 2.40. The Hall–Kier alpha value is -2.86. The number of nitrogens with two attached hydrogens (primary N) is 1. The Balaban J connectivity index is 1.70. The number of carbonyl (C=O) groups excluding carboxylic acids is 2. The van der Waals surface area contributed by atoms with E-state index in [9.17, 15) is 9.59 Å². The highest BCUT2D eigenvalue weighted by atomic mass is 16.5. The summed E-state index contributed by atoms with van der Waals surface area (Å²) >= 11 is 0. The van der Waals surface area contributed by atoms with Gasteiger partial charge in [-0.15, -0.1) is 0 Å². The van der Waals surface area contributed by atoms with Crippen LogP contribution in [0.5, 0.6) is 5.75 Å². The van der Waals surface area contributed by atoms with Crippen molar-refractivity contribution in [1.29, 1.82) is 0 Å². The lowest BCUT2D eigenvalue weighted by atomic mass is 9.57. The number of para-hydroxylation sites is 1. The SMILES string of the molecule is CC(=O)N1c2ccccc2C(C)(c2ccc(OCC3CCCN(C)C3)cc2)C(C(N)=O)C1(C)C. The third-order valence-electron chi connectivity index (χ3n) is 7.83. The van der Waals surface area contributed by atoms with E-state index in [-0.39, 0.29) is 5.91 Å². The van der Waals surface area contributed by atoms with Gasteiger partial charge in [-0.25, -0.2) is 0 Å². The molecule has 0 aromatic heterocycles. The second-order valence-corrected chi connectivity index (χ2v) is 10.7. The monoisotopic (exact) mass is 463 g/mol. The predicted octanol–water partition coefficient (Wildman–Crippen LogP) is 3.96. The molecule has 6 nitrogen and oxygen atoms in total. The first-order valence-electron chi connectivity index (χ1n) is 12.2. The number of primary amides is 1. The van der Waals surface area contributed by atoms with Crippen molar-refractivity contribution < 1.29 is 14.3 Å². The van der Waals surface area contributed by atoms with Gasteiger partial charge in [-0.2, -0.15) is 0 Å². The van der Waals surface area contributed by atoms with Gasteiger partial charge in [0.2, 0.25) is 11.8 Å². The molecule has 1 fully saturated rings. The van der Waals surface area contributed by atoms with Crippen LogP contribution in [0, 0.1) is 11.8 Å². The molecule has 4 rings (SSSR count). The van der Waals surface area contributed by atoms with Gasteiger partial charge in [0.05, 0.1) is 18.1 Å². The molecule has 2 aromatic rings. The summed E-state index contributed by atoms with van der Waals surface area (Å²) in [5.74, 6) is 0.213. The van der Waals surface area contributed by atoms with E-state index in [0.717, 1.165) is 35.7 Å². The van der Waals surface area contributed by atoms with Gasteiger partial charge < -0.3 is 20.3 Å². The van der Waals surface area contributed by atoms with Crippen LogP contribution in [0.3, 0.4) is 0 Å². The molecule has 0 bridgehead atoms. The first-order chi connectivity index (χ1) is 16.1. The average Bonchev–Trinajstić information content (AvgIpc) is 2.77. The first-order valence-corrected chi connectivity index (χ1v) is 12.2. The Bertz CT molecular complexity index is 1060. The van der Waals surface area contributed by atoms with Crippen LogP contribution in [0.4, 0.5) is 5.69 Å². The van der Waals surface area contributed by atoms with E-state index in [0.29, 0.717) is 12.5 Å². The van der Waals surface area contributed by atoms with Crippen LogP contribution in [0.25, 0.3) is 0 Å². The lowest BCUT2D eigenvalue weighted by molar-refractivity contribution is -0.127. The highest BCUT2D eigenvalue weighted by molar-refractivity contribution is 5.98. The minimum absolute atomic E-state index is 0.108. The smallest absolute Gasteiger partial charge is 0.224 e. The molecule has 2 heterocycles. The summed E-state index contributed by atoms with van der Waals surface area (Å²) in [7, 11) is 2.16. The van der Waals surface area contributed by atoms with E-state index < -0.39 is 22.8 Å². The van der Waals surface area contributed by atoms with E-state index in [2.05, 4.69) is 18.9 Å². The number of rotatable bonds is 5. The fourth-order valence-electron chi connectivity index (χ4n) is 6.46. The molecule has 3 atom stereocenters. The Morgan fingerprint density at radius 1 is 1.09 bits per heavy atom. The van der Waals surface area contributed by atoms with Crippen molar-refractivity contribution in [2.45, 2.75) is 51.5 Å². The number of nitrogens with zero attached hydrogens (tertiary/aromatic N) is 2. The lowest BCUT2D eigenvalue weighted by Gasteiger charge is -2.55. The van der Waals surface area contributed by atoms with E-state index >= 15 is 0 Å². The Kier molecular flexibility index (Phi) is 6.47.